The molecule has 2 N–H and O–H groups in total. The van der Waals surface area contributed by atoms with Gasteiger partial charge in [-0.1, -0.05) is 36.4 Å². The maximum absolute atomic E-state index is 13.9. The van der Waals surface area contributed by atoms with E-state index in [4.69, 9.17) is 4.74 Å². The first-order valence-corrected chi connectivity index (χ1v) is 9.60. The van der Waals surface area contributed by atoms with Gasteiger partial charge in [-0.3, -0.25) is 14.9 Å². The number of benzene rings is 3. The average molecular weight is 432 g/mol. The van der Waals surface area contributed by atoms with Crippen LogP contribution in [0.25, 0.3) is 6.08 Å². The molecule has 0 saturated carbocycles. The lowest BCUT2D eigenvalue weighted by molar-refractivity contribution is -0.122. The highest BCUT2D eigenvalue weighted by molar-refractivity contribution is 6.39. The fourth-order valence-corrected chi connectivity index (χ4v) is 3.15. The lowest BCUT2D eigenvalue weighted by Crippen LogP contribution is -2.54. The third-order valence-corrected chi connectivity index (χ3v) is 4.77. The molecule has 0 bridgehead atoms. The summed E-state index contributed by atoms with van der Waals surface area (Å²) >= 11 is 0. The van der Waals surface area contributed by atoms with Crippen LogP contribution in [0.4, 0.5) is 14.9 Å². The molecule has 8 heteroatoms. The summed E-state index contributed by atoms with van der Waals surface area (Å²) in [6, 6.07) is 17.3. The van der Waals surface area contributed by atoms with Gasteiger partial charge < -0.3 is 9.84 Å². The summed E-state index contributed by atoms with van der Waals surface area (Å²) in [5.41, 5.74) is 0.667. The Balaban J connectivity index is 1.64. The van der Waals surface area contributed by atoms with Crippen LogP contribution in [0.15, 0.2) is 78.4 Å². The topological polar surface area (TPSA) is 95.9 Å². The van der Waals surface area contributed by atoms with Crippen molar-refractivity contribution in [1.29, 1.82) is 0 Å². The van der Waals surface area contributed by atoms with E-state index < -0.39 is 23.7 Å². The van der Waals surface area contributed by atoms with Crippen LogP contribution in [0.2, 0.25) is 0 Å². The summed E-state index contributed by atoms with van der Waals surface area (Å²) in [5.74, 6) is -1.79. The van der Waals surface area contributed by atoms with Crippen LogP contribution in [0.5, 0.6) is 11.5 Å². The minimum atomic E-state index is -0.896. The highest BCUT2D eigenvalue weighted by Gasteiger charge is 2.37. The summed E-state index contributed by atoms with van der Waals surface area (Å²) in [6.45, 7) is -0.0505. The zero-order chi connectivity index (χ0) is 22.7. The molecule has 3 aromatic rings. The molecular weight excluding hydrogens is 415 g/mol. The molecule has 3 aromatic carbocycles. The van der Waals surface area contributed by atoms with Crippen LogP contribution in [0, 0.1) is 5.82 Å². The lowest BCUT2D eigenvalue weighted by Gasteiger charge is -2.26. The van der Waals surface area contributed by atoms with Gasteiger partial charge in [0.2, 0.25) is 0 Å². The van der Waals surface area contributed by atoms with Gasteiger partial charge in [0.1, 0.15) is 29.5 Å². The van der Waals surface area contributed by atoms with Crippen molar-refractivity contribution in [3.05, 3.63) is 95.3 Å². The second kappa shape index (κ2) is 8.73. The molecule has 1 heterocycles. The Morgan fingerprint density at radius 2 is 1.62 bits per heavy atom. The predicted molar refractivity (Wildman–Crippen MR) is 114 cm³/mol. The first kappa shape index (κ1) is 20.8. The Kier molecular flexibility index (Phi) is 5.67. The van der Waals surface area contributed by atoms with Crippen LogP contribution >= 0.6 is 0 Å². The SMILES string of the molecule is O=C1NC(=O)N(c2ccc(O)cc2)C(=O)/C1=C\c1ccccc1OCc1ccccc1F. The number of halogens is 1. The van der Waals surface area contributed by atoms with Crippen LogP contribution in [0.1, 0.15) is 11.1 Å². The van der Waals surface area contributed by atoms with Gasteiger partial charge in [-0.25, -0.2) is 14.1 Å². The minimum absolute atomic E-state index is 0.0358. The Morgan fingerprint density at radius 1 is 0.938 bits per heavy atom. The number of nitrogens with zero attached hydrogens (tertiary/aromatic N) is 1. The van der Waals surface area contributed by atoms with Gasteiger partial charge in [0.15, 0.2) is 0 Å². The van der Waals surface area contributed by atoms with Crippen molar-refractivity contribution in [2.75, 3.05) is 4.90 Å². The van der Waals surface area contributed by atoms with Crippen molar-refractivity contribution in [2.45, 2.75) is 6.61 Å². The molecule has 1 saturated heterocycles. The Morgan fingerprint density at radius 3 is 2.38 bits per heavy atom. The maximum Gasteiger partial charge on any atom is 0.335 e. The fraction of sp³-hybridized carbons (Fsp3) is 0.0417. The van der Waals surface area contributed by atoms with Gasteiger partial charge in [0.05, 0.1) is 5.69 Å². The van der Waals surface area contributed by atoms with Crippen molar-refractivity contribution in [1.82, 2.24) is 5.32 Å². The van der Waals surface area contributed by atoms with E-state index in [1.807, 2.05) is 0 Å². The zero-order valence-electron chi connectivity index (χ0n) is 16.6. The van der Waals surface area contributed by atoms with Crippen LogP contribution in [-0.4, -0.2) is 23.0 Å². The number of rotatable bonds is 5. The third-order valence-electron chi connectivity index (χ3n) is 4.77. The zero-order valence-corrected chi connectivity index (χ0v) is 16.6. The maximum atomic E-state index is 13.9. The number of urea groups is 1. The minimum Gasteiger partial charge on any atom is -0.508 e. The van der Waals surface area contributed by atoms with Crippen molar-refractivity contribution in [2.24, 2.45) is 0 Å². The number of amides is 4. The number of nitrogens with one attached hydrogen (secondary N) is 1. The fourth-order valence-electron chi connectivity index (χ4n) is 3.15. The number of barbiturate groups is 1. The number of hydrogen-bond acceptors (Lipinski definition) is 5. The van der Waals surface area contributed by atoms with Crippen LogP contribution in [0.3, 0.4) is 0 Å². The van der Waals surface area contributed by atoms with Gasteiger partial charge in [-0.15, -0.1) is 0 Å². The predicted octanol–water partition coefficient (Wildman–Crippen LogP) is 3.78. The Labute approximate surface area is 182 Å². The van der Waals surface area contributed by atoms with E-state index in [0.717, 1.165) is 4.90 Å². The van der Waals surface area contributed by atoms with Crippen molar-refractivity contribution in [3.8, 4) is 11.5 Å². The number of imide groups is 2. The molecule has 0 aromatic heterocycles. The molecule has 0 radical (unpaired) electrons. The Hall–Kier alpha value is -4.46. The molecule has 1 fully saturated rings. The van der Waals surface area contributed by atoms with Gasteiger partial charge in [0.25, 0.3) is 11.8 Å². The molecule has 160 valence electrons. The summed E-state index contributed by atoms with van der Waals surface area (Å²) in [5, 5.41) is 11.6. The molecule has 1 aliphatic rings. The second-order valence-electron chi connectivity index (χ2n) is 6.89. The quantitative estimate of drug-likeness (QED) is 0.473. The van der Waals surface area contributed by atoms with Gasteiger partial charge in [-0.2, -0.15) is 0 Å². The number of anilines is 1. The molecule has 4 amide bonds. The monoisotopic (exact) mass is 432 g/mol. The highest BCUT2D eigenvalue weighted by Crippen LogP contribution is 2.27. The summed E-state index contributed by atoms with van der Waals surface area (Å²) in [6.07, 6.45) is 1.31. The van der Waals surface area contributed by atoms with Crippen LogP contribution < -0.4 is 15.0 Å². The van der Waals surface area contributed by atoms with Crippen LogP contribution in [-0.2, 0) is 16.2 Å². The number of ether oxygens (including phenoxy) is 1. The van der Waals surface area contributed by atoms with Crippen molar-refractivity contribution in [3.63, 3.8) is 0 Å². The number of phenols is 1. The highest BCUT2D eigenvalue weighted by atomic mass is 19.1. The van der Waals surface area contributed by atoms with E-state index in [0.29, 0.717) is 16.9 Å². The van der Waals surface area contributed by atoms with Crippen molar-refractivity contribution < 1.29 is 28.6 Å². The smallest absolute Gasteiger partial charge is 0.335 e. The summed E-state index contributed by atoms with van der Waals surface area (Å²) in [4.78, 5) is 38.5. The molecule has 4 rings (SSSR count). The average Bonchev–Trinajstić information content (AvgIpc) is 2.78. The number of para-hydroxylation sites is 1. The standard InChI is InChI=1S/C24H17FN2O5/c25-20-7-3-1-6-16(20)14-32-21-8-4-2-5-15(21)13-19-22(29)26-24(31)27(23(19)30)17-9-11-18(28)12-10-17/h1-13,28H,14H2,(H,26,29,31)/b19-13-. The molecule has 0 unspecified atom stereocenters. The molecule has 32 heavy (non-hydrogen) atoms. The molecule has 0 aliphatic carbocycles. The molecule has 1 aliphatic heterocycles. The normalized spacial score (nSPS) is 15.1. The molecular formula is C24H17FN2O5. The van der Waals surface area contributed by atoms with E-state index in [-0.39, 0.29) is 23.6 Å². The van der Waals surface area contributed by atoms with Gasteiger partial charge in [-0.05, 0) is 42.5 Å². The van der Waals surface area contributed by atoms with E-state index >= 15 is 0 Å². The number of carbonyl (C=O) groups is 3. The van der Waals surface area contributed by atoms with E-state index in [1.165, 1.54) is 36.4 Å². The van der Waals surface area contributed by atoms with Gasteiger partial charge in [0, 0.05) is 11.1 Å². The lowest BCUT2D eigenvalue weighted by atomic mass is 10.1. The number of carbonyl (C=O) groups excluding carboxylic acids is 3. The van der Waals surface area contributed by atoms with Crippen molar-refractivity contribution >= 4 is 29.6 Å². The van der Waals surface area contributed by atoms with Gasteiger partial charge >= 0.3 is 6.03 Å². The van der Waals surface area contributed by atoms with E-state index in [9.17, 15) is 23.9 Å². The van der Waals surface area contributed by atoms with E-state index in [1.54, 1.807) is 42.5 Å². The molecule has 7 nitrogen and oxygen atoms in total. The summed E-state index contributed by atoms with van der Waals surface area (Å²) < 4.78 is 19.6. The largest absolute Gasteiger partial charge is 0.508 e. The molecule has 0 atom stereocenters. The Bertz CT molecular complexity index is 1240. The third kappa shape index (κ3) is 4.20. The van der Waals surface area contributed by atoms with E-state index in [2.05, 4.69) is 5.32 Å². The number of aromatic hydroxyl groups is 1. The summed E-state index contributed by atoms with van der Waals surface area (Å²) in [7, 11) is 0. The second-order valence-corrected chi connectivity index (χ2v) is 6.89. The number of hydrogen-bond donors (Lipinski definition) is 2. The first-order chi connectivity index (χ1) is 15.4. The molecule has 0 spiro atoms. The number of phenolic OH excluding ortho intramolecular Hbond substituents is 1. The first-order valence-electron chi connectivity index (χ1n) is 9.60.